The van der Waals surface area contributed by atoms with Crippen LogP contribution in [0.25, 0.3) is 0 Å². The second kappa shape index (κ2) is 6.88. The predicted molar refractivity (Wildman–Crippen MR) is 85.5 cm³/mol. The molecule has 1 N–H and O–H groups in total. The van der Waals surface area contributed by atoms with Crippen LogP contribution < -0.4 is 0 Å². The second-order valence-electron chi connectivity index (χ2n) is 6.25. The number of amides is 1. The summed E-state index contributed by atoms with van der Waals surface area (Å²) in [6, 6.07) is 0. The van der Waals surface area contributed by atoms with Gasteiger partial charge in [0.2, 0.25) is 5.91 Å². The Hall–Kier alpha value is -0.940. The number of carbonyl (C=O) groups is 1. The lowest BCUT2D eigenvalue weighted by Crippen LogP contribution is -2.48. The zero-order valence-electron chi connectivity index (χ0n) is 13.3. The van der Waals surface area contributed by atoms with Crippen LogP contribution in [0, 0.1) is 19.3 Å². The van der Waals surface area contributed by atoms with E-state index in [1.165, 1.54) is 0 Å². The molecule has 1 aliphatic rings. The molecule has 0 aliphatic carbocycles. The Morgan fingerprint density at radius 3 is 2.81 bits per heavy atom. The first-order valence-corrected chi connectivity index (χ1v) is 8.63. The highest BCUT2D eigenvalue weighted by atomic mass is 32.1. The summed E-state index contributed by atoms with van der Waals surface area (Å²) in [6.45, 7) is 7.79. The van der Waals surface area contributed by atoms with Gasteiger partial charge in [0.15, 0.2) is 0 Å². The molecule has 0 aromatic carbocycles. The smallest absolute Gasteiger partial charge is 0.227 e. The van der Waals surface area contributed by atoms with Crippen LogP contribution in [0.15, 0.2) is 0 Å². The molecule has 5 heteroatoms. The van der Waals surface area contributed by atoms with Crippen LogP contribution in [0.3, 0.4) is 0 Å². The lowest BCUT2D eigenvalue weighted by atomic mass is 9.77. The van der Waals surface area contributed by atoms with Gasteiger partial charge in [-0.2, -0.15) is 0 Å². The van der Waals surface area contributed by atoms with Crippen molar-refractivity contribution in [2.75, 3.05) is 19.7 Å². The predicted octanol–water partition coefficient (Wildman–Crippen LogP) is 2.70. The van der Waals surface area contributed by atoms with Crippen molar-refractivity contribution in [3.63, 3.8) is 0 Å². The minimum absolute atomic E-state index is 0.0820. The molecule has 2 rings (SSSR count). The molecule has 0 radical (unpaired) electrons. The maximum atomic E-state index is 12.6. The summed E-state index contributed by atoms with van der Waals surface area (Å²) in [5, 5.41) is 10.8. The van der Waals surface area contributed by atoms with Gasteiger partial charge < -0.3 is 10.0 Å². The molecular formula is C16H26N2O2S. The van der Waals surface area contributed by atoms with Gasteiger partial charge in [-0.3, -0.25) is 4.79 Å². The minimum Gasteiger partial charge on any atom is -0.396 e. The summed E-state index contributed by atoms with van der Waals surface area (Å²) < 4.78 is 0. The van der Waals surface area contributed by atoms with Crippen molar-refractivity contribution in [3.05, 3.63) is 15.6 Å². The molecule has 1 unspecified atom stereocenters. The average molecular weight is 310 g/mol. The molecule has 21 heavy (non-hydrogen) atoms. The Bertz CT molecular complexity index is 496. The number of rotatable bonds is 5. The zero-order valence-corrected chi connectivity index (χ0v) is 14.1. The average Bonchev–Trinajstić information content (AvgIpc) is 2.77. The summed E-state index contributed by atoms with van der Waals surface area (Å²) >= 11 is 1.61. The fourth-order valence-corrected chi connectivity index (χ4v) is 4.28. The zero-order chi connectivity index (χ0) is 15.5. The summed E-state index contributed by atoms with van der Waals surface area (Å²) in [7, 11) is 0. The fraction of sp³-hybridized carbons (Fsp3) is 0.750. The molecule has 0 spiro atoms. The summed E-state index contributed by atoms with van der Waals surface area (Å²) in [5.74, 6) is 0.176. The maximum Gasteiger partial charge on any atom is 0.227 e. The molecule has 0 saturated carbocycles. The van der Waals surface area contributed by atoms with Crippen molar-refractivity contribution in [1.82, 2.24) is 9.88 Å². The van der Waals surface area contributed by atoms with Crippen LogP contribution in [0.4, 0.5) is 0 Å². The van der Waals surface area contributed by atoms with Gasteiger partial charge in [0, 0.05) is 23.4 Å². The summed E-state index contributed by atoms with van der Waals surface area (Å²) in [5.41, 5.74) is 0.895. The van der Waals surface area contributed by atoms with Crippen LogP contribution in [0.1, 0.15) is 48.2 Å². The van der Waals surface area contributed by atoms with Crippen molar-refractivity contribution < 1.29 is 9.90 Å². The van der Waals surface area contributed by atoms with E-state index in [9.17, 15) is 9.90 Å². The molecule has 1 atom stereocenters. The lowest BCUT2D eigenvalue weighted by molar-refractivity contribution is -0.135. The van der Waals surface area contributed by atoms with E-state index in [1.54, 1.807) is 11.3 Å². The van der Waals surface area contributed by atoms with Gasteiger partial charge in [-0.1, -0.05) is 13.3 Å². The fourth-order valence-electron chi connectivity index (χ4n) is 3.35. The van der Waals surface area contributed by atoms with Crippen LogP contribution in [0.2, 0.25) is 0 Å². The number of likely N-dealkylation sites (tertiary alicyclic amines) is 1. The second-order valence-corrected chi connectivity index (χ2v) is 7.53. The number of hydrogen-bond acceptors (Lipinski definition) is 4. The van der Waals surface area contributed by atoms with Crippen LogP contribution in [-0.2, 0) is 11.2 Å². The van der Waals surface area contributed by atoms with Crippen molar-refractivity contribution in [3.8, 4) is 0 Å². The topological polar surface area (TPSA) is 53.4 Å². The Kier molecular flexibility index (Phi) is 5.38. The van der Waals surface area contributed by atoms with Gasteiger partial charge in [0.05, 0.1) is 23.7 Å². The number of aryl methyl sites for hydroxylation is 2. The van der Waals surface area contributed by atoms with Gasteiger partial charge in [-0.05, 0) is 33.1 Å². The van der Waals surface area contributed by atoms with E-state index in [2.05, 4.69) is 11.9 Å². The normalized spacial score (nSPS) is 22.6. The Morgan fingerprint density at radius 2 is 2.24 bits per heavy atom. The molecule has 1 aromatic rings. The summed E-state index contributed by atoms with van der Waals surface area (Å²) in [4.78, 5) is 20.0. The van der Waals surface area contributed by atoms with Crippen LogP contribution in [-0.4, -0.2) is 40.6 Å². The first-order valence-electron chi connectivity index (χ1n) is 7.81. The molecule has 4 nitrogen and oxygen atoms in total. The number of aromatic nitrogens is 1. The first kappa shape index (κ1) is 16.4. The van der Waals surface area contributed by atoms with E-state index in [-0.39, 0.29) is 17.9 Å². The third-order valence-corrected chi connectivity index (χ3v) is 5.51. The molecule has 1 fully saturated rings. The Labute approximate surface area is 131 Å². The number of hydrogen-bond donors (Lipinski definition) is 1. The number of piperidine rings is 1. The van der Waals surface area contributed by atoms with Gasteiger partial charge >= 0.3 is 0 Å². The molecule has 2 heterocycles. The van der Waals surface area contributed by atoms with Crippen molar-refractivity contribution in [1.29, 1.82) is 0 Å². The van der Waals surface area contributed by atoms with E-state index in [4.69, 9.17) is 0 Å². The number of aliphatic hydroxyl groups excluding tert-OH is 1. The van der Waals surface area contributed by atoms with E-state index in [1.807, 2.05) is 18.7 Å². The van der Waals surface area contributed by atoms with Crippen molar-refractivity contribution in [2.24, 2.45) is 5.41 Å². The van der Waals surface area contributed by atoms with Crippen molar-refractivity contribution >= 4 is 17.2 Å². The van der Waals surface area contributed by atoms with E-state index in [0.717, 1.165) is 47.8 Å². The van der Waals surface area contributed by atoms with Gasteiger partial charge in [0.1, 0.15) is 0 Å². The largest absolute Gasteiger partial charge is 0.396 e. The highest BCUT2D eigenvalue weighted by Gasteiger charge is 2.35. The number of nitrogens with zero attached hydrogens (tertiary/aromatic N) is 2. The third kappa shape index (κ3) is 3.83. The van der Waals surface area contributed by atoms with E-state index in [0.29, 0.717) is 13.0 Å². The first-order chi connectivity index (χ1) is 9.99. The molecular weight excluding hydrogens is 284 g/mol. The van der Waals surface area contributed by atoms with E-state index < -0.39 is 0 Å². The number of carbonyl (C=O) groups excluding carboxylic acids is 1. The minimum atomic E-state index is -0.0820. The van der Waals surface area contributed by atoms with E-state index >= 15 is 0 Å². The van der Waals surface area contributed by atoms with Crippen molar-refractivity contribution in [2.45, 2.75) is 52.9 Å². The number of thiazole rings is 1. The van der Waals surface area contributed by atoms with Gasteiger partial charge in [-0.15, -0.1) is 11.3 Å². The molecule has 1 amide bonds. The molecule has 118 valence electrons. The number of aliphatic hydroxyl groups is 1. The van der Waals surface area contributed by atoms with Gasteiger partial charge in [0.25, 0.3) is 0 Å². The highest BCUT2D eigenvalue weighted by Crippen LogP contribution is 2.34. The quantitative estimate of drug-likeness (QED) is 0.910. The molecule has 1 aromatic heterocycles. The SMILES string of the molecule is CCCC1(CO)CCCN(C(=O)Cc2sc(C)nc2C)C1. The summed E-state index contributed by atoms with van der Waals surface area (Å²) in [6.07, 6.45) is 4.51. The standard InChI is InChI=1S/C16H26N2O2S/c1-4-6-16(11-19)7-5-8-18(10-16)15(20)9-14-12(2)17-13(3)21-14/h19H,4-11H2,1-3H3. The highest BCUT2D eigenvalue weighted by molar-refractivity contribution is 7.11. The third-order valence-electron chi connectivity index (χ3n) is 4.44. The Morgan fingerprint density at radius 1 is 1.48 bits per heavy atom. The molecule has 0 bridgehead atoms. The Balaban J connectivity index is 2.03. The molecule has 1 aliphatic heterocycles. The van der Waals surface area contributed by atoms with Crippen LogP contribution >= 0.6 is 11.3 Å². The lowest BCUT2D eigenvalue weighted by Gasteiger charge is -2.42. The molecule has 1 saturated heterocycles. The van der Waals surface area contributed by atoms with Crippen LogP contribution in [0.5, 0.6) is 0 Å². The van der Waals surface area contributed by atoms with Gasteiger partial charge in [-0.25, -0.2) is 4.98 Å². The monoisotopic (exact) mass is 310 g/mol. The maximum absolute atomic E-state index is 12.6.